The highest BCUT2D eigenvalue weighted by molar-refractivity contribution is 7.86. The number of nitrogens with two attached hydrogens (primary N) is 1. The van der Waals surface area contributed by atoms with Crippen molar-refractivity contribution in [1.29, 1.82) is 0 Å². The van der Waals surface area contributed by atoms with Gasteiger partial charge in [-0.25, -0.2) is 0 Å². The number of hydrazone groups is 1. The fourth-order valence-electron chi connectivity index (χ4n) is 2.17. The van der Waals surface area contributed by atoms with Gasteiger partial charge in [-0.1, -0.05) is 48.6 Å². The Hall–Kier alpha value is -1.92. The molecule has 0 radical (unpaired) electrons. The molecule has 1 aliphatic carbocycles. The van der Waals surface area contributed by atoms with Crippen LogP contribution < -0.4 is 5.84 Å². The minimum absolute atomic E-state index is 0.349. The van der Waals surface area contributed by atoms with E-state index in [-0.39, 0.29) is 0 Å². The summed E-state index contributed by atoms with van der Waals surface area (Å²) >= 11 is 0. The van der Waals surface area contributed by atoms with Crippen molar-refractivity contribution in [2.75, 3.05) is 6.26 Å². The average Bonchev–Trinajstić information content (AvgIpc) is 2.39. The van der Waals surface area contributed by atoms with Gasteiger partial charge in [-0.15, -0.1) is 0 Å². The van der Waals surface area contributed by atoms with Gasteiger partial charge in [0, 0.05) is 12.0 Å². The van der Waals surface area contributed by atoms with Crippen LogP contribution in [0.15, 0.2) is 59.7 Å². The predicted molar refractivity (Wildman–Crippen MR) is 78.7 cm³/mol. The van der Waals surface area contributed by atoms with Gasteiger partial charge in [0.05, 0.1) is 6.26 Å². The Morgan fingerprint density at radius 1 is 1.30 bits per heavy atom. The number of hydrogen-bond acceptors (Lipinski definition) is 5. The van der Waals surface area contributed by atoms with E-state index < -0.39 is 15.7 Å². The normalized spacial score (nSPS) is 22.9. The van der Waals surface area contributed by atoms with Crippen molar-refractivity contribution in [1.82, 2.24) is 0 Å². The van der Waals surface area contributed by atoms with Gasteiger partial charge < -0.3 is 5.84 Å². The molecule has 0 heterocycles. The van der Waals surface area contributed by atoms with E-state index in [1.165, 1.54) is 0 Å². The van der Waals surface area contributed by atoms with E-state index in [1.54, 1.807) is 12.2 Å². The van der Waals surface area contributed by atoms with E-state index in [2.05, 4.69) is 5.10 Å². The molecule has 0 saturated carbocycles. The monoisotopic (exact) mass is 292 g/mol. The maximum atomic E-state index is 11.6. The first-order chi connectivity index (χ1) is 9.47. The standard InChI is InChI=1S/C14H16N2O3S/c1-20(17,18)19-14(10-6-3-7-11-14)13(16-15)12-8-4-2-5-9-12/h2-10H,11,15H2,1H3. The summed E-state index contributed by atoms with van der Waals surface area (Å²) in [7, 11) is -3.67. The summed E-state index contributed by atoms with van der Waals surface area (Å²) in [6.07, 6.45) is 8.39. The lowest BCUT2D eigenvalue weighted by atomic mass is 9.86. The van der Waals surface area contributed by atoms with Crippen LogP contribution in [0.2, 0.25) is 0 Å². The Labute approximate surface area is 118 Å². The molecule has 0 fully saturated rings. The van der Waals surface area contributed by atoms with Crippen LogP contribution in [-0.2, 0) is 14.3 Å². The van der Waals surface area contributed by atoms with Crippen LogP contribution in [0, 0.1) is 0 Å². The first-order valence-corrected chi connectivity index (χ1v) is 7.87. The number of nitrogens with zero attached hydrogens (tertiary/aromatic N) is 1. The van der Waals surface area contributed by atoms with Gasteiger partial charge >= 0.3 is 0 Å². The van der Waals surface area contributed by atoms with Crippen molar-refractivity contribution in [2.24, 2.45) is 10.9 Å². The second-order valence-corrected chi connectivity index (χ2v) is 6.09. The molecule has 2 N–H and O–H groups in total. The molecule has 0 amide bonds. The Morgan fingerprint density at radius 2 is 2.00 bits per heavy atom. The Morgan fingerprint density at radius 3 is 2.50 bits per heavy atom. The van der Waals surface area contributed by atoms with Crippen LogP contribution in [0.1, 0.15) is 12.0 Å². The summed E-state index contributed by atoms with van der Waals surface area (Å²) in [5.74, 6) is 5.49. The number of benzene rings is 1. The molecular weight excluding hydrogens is 276 g/mol. The molecule has 0 aromatic heterocycles. The third-order valence-corrected chi connectivity index (χ3v) is 3.51. The number of hydrogen-bond donors (Lipinski definition) is 1. The summed E-state index contributed by atoms with van der Waals surface area (Å²) in [5.41, 5.74) is -0.0962. The smallest absolute Gasteiger partial charge is 0.265 e. The summed E-state index contributed by atoms with van der Waals surface area (Å²) < 4.78 is 28.5. The van der Waals surface area contributed by atoms with E-state index in [9.17, 15) is 8.42 Å². The summed E-state index contributed by atoms with van der Waals surface area (Å²) in [5, 5.41) is 3.78. The van der Waals surface area contributed by atoms with Crippen molar-refractivity contribution < 1.29 is 12.6 Å². The molecule has 1 aliphatic rings. The van der Waals surface area contributed by atoms with E-state index in [0.29, 0.717) is 12.1 Å². The van der Waals surface area contributed by atoms with Gasteiger partial charge in [0.15, 0.2) is 5.60 Å². The fourth-order valence-corrected chi connectivity index (χ4v) is 2.91. The minimum atomic E-state index is -3.67. The van der Waals surface area contributed by atoms with Crippen LogP contribution in [0.5, 0.6) is 0 Å². The maximum Gasteiger partial charge on any atom is 0.265 e. The van der Waals surface area contributed by atoms with Gasteiger partial charge in [-0.2, -0.15) is 13.5 Å². The highest BCUT2D eigenvalue weighted by Gasteiger charge is 2.39. The summed E-state index contributed by atoms with van der Waals surface area (Å²) in [6, 6.07) is 9.14. The van der Waals surface area contributed by atoms with Crippen LogP contribution >= 0.6 is 0 Å². The van der Waals surface area contributed by atoms with Crippen LogP contribution in [0.4, 0.5) is 0 Å². The molecule has 6 heteroatoms. The van der Waals surface area contributed by atoms with E-state index in [1.807, 2.05) is 42.5 Å². The number of rotatable bonds is 4. The Bertz CT molecular complexity index is 663. The van der Waals surface area contributed by atoms with Gasteiger partial charge in [0.1, 0.15) is 5.71 Å². The molecule has 0 bridgehead atoms. The molecule has 5 nitrogen and oxygen atoms in total. The Balaban J connectivity index is 2.51. The topological polar surface area (TPSA) is 81.8 Å². The third kappa shape index (κ3) is 3.15. The molecule has 0 saturated heterocycles. The first kappa shape index (κ1) is 14.5. The fraction of sp³-hybridized carbons (Fsp3) is 0.214. The lowest BCUT2D eigenvalue weighted by molar-refractivity contribution is 0.204. The Kier molecular flexibility index (Phi) is 4.06. The molecule has 20 heavy (non-hydrogen) atoms. The van der Waals surface area contributed by atoms with Crippen molar-refractivity contribution >= 4 is 15.8 Å². The van der Waals surface area contributed by atoms with Crippen molar-refractivity contribution in [3.8, 4) is 0 Å². The van der Waals surface area contributed by atoms with Crippen molar-refractivity contribution in [2.45, 2.75) is 12.0 Å². The highest BCUT2D eigenvalue weighted by Crippen LogP contribution is 2.29. The predicted octanol–water partition coefficient (Wildman–Crippen LogP) is 1.58. The van der Waals surface area contributed by atoms with Gasteiger partial charge in [-0.05, 0) is 6.08 Å². The molecule has 1 aromatic carbocycles. The zero-order chi connectivity index (χ0) is 14.6. The van der Waals surface area contributed by atoms with Gasteiger partial charge in [-0.3, -0.25) is 4.18 Å². The largest absolute Gasteiger partial charge is 0.323 e. The second-order valence-electron chi connectivity index (χ2n) is 4.51. The lowest BCUT2D eigenvalue weighted by Gasteiger charge is -2.31. The van der Waals surface area contributed by atoms with Crippen LogP contribution in [0.25, 0.3) is 0 Å². The lowest BCUT2D eigenvalue weighted by Crippen LogP contribution is -2.43. The van der Waals surface area contributed by atoms with E-state index in [0.717, 1.165) is 11.8 Å². The average molecular weight is 292 g/mol. The van der Waals surface area contributed by atoms with Crippen molar-refractivity contribution in [3.63, 3.8) is 0 Å². The maximum absolute atomic E-state index is 11.6. The molecule has 1 aromatic rings. The quantitative estimate of drug-likeness (QED) is 0.395. The summed E-state index contributed by atoms with van der Waals surface area (Å²) in [4.78, 5) is 0. The molecule has 106 valence electrons. The molecule has 1 atom stereocenters. The first-order valence-electron chi connectivity index (χ1n) is 6.06. The zero-order valence-corrected chi connectivity index (χ0v) is 11.9. The molecule has 0 aliphatic heterocycles. The van der Waals surface area contributed by atoms with Gasteiger partial charge in [0.25, 0.3) is 10.1 Å². The van der Waals surface area contributed by atoms with Crippen LogP contribution in [0.3, 0.4) is 0 Å². The number of allylic oxidation sites excluding steroid dienone is 2. The molecule has 0 spiro atoms. The molecule has 1 unspecified atom stereocenters. The molecule has 2 rings (SSSR count). The summed E-state index contributed by atoms with van der Waals surface area (Å²) in [6.45, 7) is 0. The highest BCUT2D eigenvalue weighted by atomic mass is 32.2. The van der Waals surface area contributed by atoms with E-state index in [4.69, 9.17) is 10.0 Å². The molecular formula is C14H16N2O3S. The third-order valence-electron chi connectivity index (χ3n) is 2.91. The second kappa shape index (κ2) is 5.60. The van der Waals surface area contributed by atoms with Gasteiger partial charge in [0.2, 0.25) is 0 Å². The zero-order valence-electron chi connectivity index (χ0n) is 11.1. The van der Waals surface area contributed by atoms with Crippen LogP contribution in [-0.4, -0.2) is 26.0 Å². The van der Waals surface area contributed by atoms with Crippen molar-refractivity contribution in [3.05, 3.63) is 60.2 Å². The minimum Gasteiger partial charge on any atom is -0.323 e. The van der Waals surface area contributed by atoms with E-state index >= 15 is 0 Å². The SMILES string of the molecule is CS(=O)(=O)OC1(C(=NN)c2ccccc2)C=CC=CC1.